The van der Waals surface area contributed by atoms with Crippen molar-refractivity contribution in [1.29, 1.82) is 0 Å². The van der Waals surface area contributed by atoms with Gasteiger partial charge in [-0.3, -0.25) is 4.79 Å². The SMILES string of the molecule is O=C1C2=C(OC3CCCCC3=C2)c2cccc3cccc1c23. The van der Waals surface area contributed by atoms with Gasteiger partial charge in [-0.25, -0.2) is 0 Å². The highest BCUT2D eigenvalue weighted by Crippen LogP contribution is 2.43. The zero-order chi connectivity index (χ0) is 14.7. The minimum atomic E-state index is 0.107. The van der Waals surface area contributed by atoms with E-state index < -0.39 is 0 Å². The molecule has 1 fully saturated rings. The third-order valence-electron chi connectivity index (χ3n) is 5.07. The zero-order valence-corrected chi connectivity index (χ0v) is 12.3. The lowest BCUT2D eigenvalue weighted by Gasteiger charge is -2.34. The van der Waals surface area contributed by atoms with Crippen LogP contribution in [0.1, 0.15) is 41.6 Å². The maximum Gasteiger partial charge on any atom is 0.197 e. The minimum Gasteiger partial charge on any atom is -0.485 e. The van der Waals surface area contributed by atoms with Crippen LogP contribution in [-0.4, -0.2) is 11.9 Å². The molecule has 2 aliphatic carbocycles. The van der Waals surface area contributed by atoms with E-state index in [2.05, 4.69) is 24.3 Å². The second-order valence-electron chi connectivity index (χ2n) is 6.35. The molecule has 0 amide bonds. The minimum absolute atomic E-state index is 0.107. The van der Waals surface area contributed by atoms with Crippen LogP contribution >= 0.6 is 0 Å². The van der Waals surface area contributed by atoms with Crippen molar-refractivity contribution >= 4 is 22.3 Å². The molecule has 0 radical (unpaired) electrons. The molecule has 0 saturated heterocycles. The maximum absolute atomic E-state index is 12.9. The van der Waals surface area contributed by atoms with Gasteiger partial charge in [0.2, 0.25) is 0 Å². The number of carbonyl (C=O) groups excluding carboxylic acids is 1. The van der Waals surface area contributed by atoms with E-state index in [1.165, 1.54) is 18.4 Å². The normalized spacial score (nSPS) is 22.8. The quantitative estimate of drug-likeness (QED) is 0.705. The highest BCUT2D eigenvalue weighted by molar-refractivity contribution is 6.25. The predicted molar refractivity (Wildman–Crippen MR) is 86.6 cm³/mol. The van der Waals surface area contributed by atoms with E-state index >= 15 is 0 Å². The van der Waals surface area contributed by atoms with Crippen LogP contribution < -0.4 is 0 Å². The molecule has 0 bridgehead atoms. The van der Waals surface area contributed by atoms with E-state index in [0.717, 1.165) is 46.1 Å². The van der Waals surface area contributed by atoms with E-state index in [9.17, 15) is 4.79 Å². The number of carbonyl (C=O) groups is 1. The first-order chi connectivity index (χ1) is 10.8. The number of Topliss-reactive ketones (excluding diaryl/α,β-unsaturated/α-hetero) is 1. The van der Waals surface area contributed by atoms with E-state index in [1.54, 1.807) is 0 Å². The fraction of sp³-hybridized carbons (Fsp3) is 0.250. The summed E-state index contributed by atoms with van der Waals surface area (Å²) in [6.45, 7) is 0. The Kier molecular flexibility index (Phi) is 2.40. The van der Waals surface area contributed by atoms with E-state index in [1.807, 2.05) is 18.2 Å². The molecule has 5 rings (SSSR count). The summed E-state index contributed by atoms with van der Waals surface area (Å²) in [6, 6.07) is 12.1. The molecule has 1 saturated carbocycles. The van der Waals surface area contributed by atoms with Gasteiger partial charge >= 0.3 is 0 Å². The molecular weight excluding hydrogens is 272 g/mol. The summed E-state index contributed by atoms with van der Waals surface area (Å²) in [7, 11) is 0. The maximum atomic E-state index is 12.9. The molecule has 0 N–H and O–H groups in total. The molecule has 108 valence electrons. The van der Waals surface area contributed by atoms with Crippen LogP contribution in [0.3, 0.4) is 0 Å². The van der Waals surface area contributed by atoms with Gasteiger partial charge in [-0.1, -0.05) is 36.4 Å². The summed E-state index contributed by atoms with van der Waals surface area (Å²) in [5.41, 5.74) is 3.93. The van der Waals surface area contributed by atoms with Crippen molar-refractivity contribution < 1.29 is 9.53 Å². The average molecular weight is 288 g/mol. The molecule has 2 aromatic carbocycles. The van der Waals surface area contributed by atoms with Crippen molar-refractivity contribution in [3.05, 3.63) is 64.7 Å². The molecule has 0 spiro atoms. The van der Waals surface area contributed by atoms with Crippen LogP contribution in [0.4, 0.5) is 0 Å². The zero-order valence-electron chi connectivity index (χ0n) is 12.3. The third kappa shape index (κ3) is 1.52. The molecule has 1 atom stereocenters. The van der Waals surface area contributed by atoms with Crippen LogP contribution in [0.25, 0.3) is 16.5 Å². The Morgan fingerprint density at radius 1 is 1.00 bits per heavy atom. The molecule has 22 heavy (non-hydrogen) atoms. The lowest BCUT2D eigenvalue weighted by atomic mass is 9.81. The lowest BCUT2D eigenvalue weighted by Crippen LogP contribution is -2.26. The fourth-order valence-electron chi connectivity index (χ4n) is 4.00. The molecule has 1 heterocycles. The highest BCUT2D eigenvalue weighted by atomic mass is 16.5. The van der Waals surface area contributed by atoms with Gasteiger partial charge < -0.3 is 4.74 Å². The second kappa shape index (κ2) is 4.33. The molecule has 1 unspecified atom stereocenters. The largest absolute Gasteiger partial charge is 0.485 e. The van der Waals surface area contributed by atoms with Crippen LogP contribution in [0.2, 0.25) is 0 Å². The summed E-state index contributed by atoms with van der Waals surface area (Å²) < 4.78 is 6.30. The first-order valence-electron chi connectivity index (χ1n) is 8.01. The van der Waals surface area contributed by atoms with Gasteiger partial charge in [0, 0.05) is 16.5 Å². The molecular formula is C20H16O2. The number of ether oxygens (including phenoxy) is 1. The van der Waals surface area contributed by atoms with Gasteiger partial charge in [0.25, 0.3) is 0 Å². The van der Waals surface area contributed by atoms with Crippen molar-refractivity contribution in [2.75, 3.05) is 0 Å². The standard InChI is InChI=1S/C20H16O2/c21-19-14-8-3-6-12-7-4-9-15(18(12)14)20-16(19)11-13-5-1-2-10-17(13)22-20/h3-4,6-9,11,17H,1-2,5,10H2. The first-order valence-corrected chi connectivity index (χ1v) is 8.01. The Hall–Kier alpha value is -2.35. The fourth-order valence-corrected chi connectivity index (χ4v) is 4.00. The lowest BCUT2D eigenvalue weighted by molar-refractivity contribution is 0.102. The Bertz CT molecular complexity index is 880. The summed E-state index contributed by atoms with van der Waals surface area (Å²) in [5.74, 6) is 0.903. The van der Waals surface area contributed by atoms with Gasteiger partial charge in [-0.2, -0.15) is 0 Å². The summed E-state index contributed by atoms with van der Waals surface area (Å²) in [5, 5.41) is 2.15. The van der Waals surface area contributed by atoms with Crippen molar-refractivity contribution in [2.45, 2.75) is 31.8 Å². The molecule has 2 heteroatoms. The highest BCUT2D eigenvalue weighted by Gasteiger charge is 2.34. The molecule has 0 aromatic heterocycles. The van der Waals surface area contributed by atoms with Gasteiger partial charge in [-0.15, -0.1) is 0 Å². The first kappa shape index (κ1) is 12.2. The Morgan fingerprint density at radius 2 is 1.82 bits per heavy atom. The van der Waals surface area contributed by atoms with Crippen LogP contribution in [0, 0.1) is 0 Å². The smallest absolute Gasteiger partial charge is 0.197 e. The van der Waals surface area contributed by atoms with Crippen molar-refractivity contribution in [1.82, 2.24) is 0 Å². The van der Waals surface area contributed by atoms with Crippen molar-refractivity contribution in [2.24, 2.45) is 0 Å². The summed E-state index contributed by atoms with van der Waals surface area (Å²) in [4.78, 5) is 12.9. The number of hydrogen-bond acceptors (Lipinski definition) is 2. The van der Waals surface area contributed by atoms with Crippen LogP contribution in [-0.2, 0) is 4.74 Å². The van der Waals surface area contributed by atoms with Gasteiger partial charge in [0.1, 0.15) is 11.9 Å². The van der Waals surface area contributed by atoms with Gasteiger partial charge in [0.15, 0.2) is 5.78 Å². The van der Waals surface area contributed by atoms with Crippen LogP contribution in [0.5, 0.6) is 0 Å². The second-order valence-corrected chi connectivity index (χ2v) is 6.35. The Balaban J connectivity index is 1.81. The third-order valence-corrected chi connectivity index (χ3v) is 5.07. The van der Waals surface area contributed by atoms with Crippen LogP contribution in [0.15, 0.2) is 53.6 Å². The molecule has 2 nitrogen and oxygen atoms in total. The number of fused-ring (bicyclic) bond motifs is 2. The number of rotatable bonds is 0. The Morgan fingerprint density at radius 3 is 2.68 bits per heavy atom. The molecule has 2 aromatic rings. The number of hydrogen-bond donors (Lipinski definition) is 0. The van der Waals surface area contributed by atoms with Gasteiger partial charge in [-0.05, 0) is 42.7 Å². The average Bonchev–Trinajstić information content (AvgIpc) is 2.58. The molecule has 1 aliphatic heterocycles. The predicted octanol–water partition coefficient (Wildman–Crippen LogP) is 4.65. The summed E-state index contributed by atoms with van der Waals surface area (Å²) in [6.07, 6.45) is 6.81. The van der Waals surface area contributed by atoms with E-state index in [-0.39, 0.29) is 11.9 Å². The number of ketones is 1. The molecule has 3 aliphatic rings. The Labute approximate surface area is 129 Å². The van der Waals surface area contributed by atoms with Crippen molar-refractivity contribution in [3.63, 3.8) is 0 Å². The van der Waals surface area contributed by atoms with E-state index in [0.29, 0.717) is 0 Å². The number of benzene rings is 2. The van der Waals surface area contributed by atoms with Gasteiger partial charge in [0.05, 0.1) is 5.57 Å². The summed E-state index contributed by atoms with van der Waals surface area (Å²) >= 11 is 0. The van der Waals surface area contributed by atoms with E-state index in [4.69, 9.17) is 4.74 Å². The topological polar surface area (TPSA) is 26.3 Å². The monoisotopic (exact) mass is 288 g/mol. The van der Waals surface area contributed by atoms with Crippen molar-refractivity contribution in [3.8, 4) is 0 Å². The number of allylic oxidation sites excluding steroid dienone is 2.